The van der Waals surface area contributed by atoms with Crippen molar-refractivity contribution in [1.29, 1.82) is 0 Å². The van der Waals surface area contributed by atoms with Gasteiger partial charge in [-0.2, -0.15) is 0 Å². The Labute approximate surface area is 200 Å². The molecule has 0 bridgehead atoms. The number of nitrogens with one attached hydrogen (secondary N) is 1. The molecule has 9 atom stereocenters. The van der Waals surface area contributed by atoms with E-state index in [0.717, 1.165) is 56.4 Å². The van der Waals surface area contributed by atoms with E-state index < -0.39 is 0 Å². The summed E-state index contributed by atoms with van der Waals surface area (Å²) in [6.07, 6.45) is 13.0. The number of fused-ring (bicyclic) bond motifs is 7. The van der Waals surface area contributed by atoms with Crippen LogP contribution in [0, 0.1) is 40.4 Å². The molecule has 0 aromatic heterocycles. The van der Waals surface area contributed by atoms with E-state index in [-0.39, 0.29) is 12.0 Å². The Morgan fingerprint density at radius 2 is 2.06 bits per heavy atom. The van der Waals surface area contributed by atoms with Gasteiger partial charge in [-0.15, -0.1) is 0 Å². The smallest absolute Gasteiger partial charge is 0.216 e. The maximum atomic E-state index is 11.2. The fraction of sp³-hybridized carbons (Fsp3) is 0.828. The summed E-state index contributed by atoms with van der Waals surface area (Å²) in [7, 11) is 0. The average molecular weight is 456 g/mol. The van der Waals surface area contributed by atoms with Crippen LogP contribution in [0.4, 0.5) is 0 Å². The van der Waals surface area contributed by atoms with Crippen LogP contribution >= 0.6 is 0 Å². The minimum absolute atomic E-state index is 0.0569. The summed E-state index contributed by atoms with van der Waals surface area (Å²) in [5, 5.41) is 13.2. The molecule has 3 saturated carbocycles. The van der Waals surface area contributed by atoms with Gasteiger partial charge in [-0.1, -0.05) is 32.4 Å². The first-order valence-corrected chi connectivity index (χ1v) is 13.6. The number of carbonyl (C=O) groups is 1. The van der Waals surface area contributed by atoms with Gasteiger partial charge < -0.3 is 15.2 Å². The molecule has 5 rings (SSSR count). The van der Waals surface area contributed by atoms with Gasteiger partial charge in [0.05, 0.1) is 11.9 Å². The van der Waals surface area contributed by atoms with Crippen LogP contribution in [0.1, 0.15) is 92.4 Å². The number of allylic oxidation sites excluding steroid dienone is 2. The lowest BCUT2D eigenvalue weighted by Gasteiger charge is -2.57. The van der Waals surface area contributed by atoms with E-state index in [4.69, 9.17) is 4.74 Å². The zero-order chi connectivity index (χ0) is 23.5. The number of amides is 1. The quantitative estimate of drug-likeness (QED) is 0.518. The molecule has 0 saturated heterocycles. The molecule has 0 aromatic rings. The molecule has 2 N–H and O–H groups in total. The Balaban J connectivity index is 1.30. The number of ether oxygens (including phenoxy) is 1. The van der Waals surface area contributed by atoms with Gasteiger partial charge in [0, 0.05) is 25.8 Å². The van der Waals surface area contributed by atoms with Crippen LogP contribution in [0.2, 0.25) is 0 Å². The molecule has 5 aliphatic rings. The van der Waals surface area contributed by atoms with Crippen molar-refractivity contribution in [1.82, 2.24) is 5.32 Å². The van der Waals surface area contributed by atoms with Crippen LogP contribution in [0.15, 0.2) is 23.0 Å². The second-order valence-electron chi connectivity index (χ2n) is 12.8. The Hall–Kier alpha value is -1.29. The third kappa shape index (κ3) is 3.79. The van der Waals surface area contributed by atoms with Crippen molar-refractivity contribution in [2.24, 2.45) is 40.4 Å². The Bertz CT molecular complexity index is 861. The molecule has 1 heterocycles. The summed E-state index contributed by atoms with van der Waals surface area (Å²) in [6.45, 7) is 12.0. The number of hydrogen-bond donors (Lipinski definition) is 2. The Morgan fingerprint density at radius 3 is 2.82 bits per heavy atom. The minimum Gasteiger partial charge on any atom is -0.494 e. The first kappa shape index (κ1) is 23.5. The van der Waals surface area contributed by atoms with Gasteiger partial charge in [0.15, 0.2) is 0 Å². The fourth-order valence-electron chi connectivity index (χ4n) is 9.02. The summed E-state index contributed by atoms with van der Waals surface area (Å²) in [6, 6.07) is 0. The molecule has 4 nitrogen and oxygen atoms in total. The third-order valence-electron chi connectivity index (χ3n) is 10.8. The van der Waals surface area contributed by atoms with Crippen LogP contribution in [0.3, 0.4) is 0 Å². The largest absolute Gasteiger partial charge is 0.494 e. The average Bonchev–Trinajstić information content (AvgIpc) is 3.24. The second-order valence-corrected chi connectivity index (χ2v) is 12.8. The van der Waals surface area contributed by atoms with E-state index in [0.29, 0.717) is 28.8 Å². The maximum Gasteiger partial charge on any atom is 0.216 e. The van der Waals surface area contributed by atoms with Gasteiger partial charge in [0.2, 0.25) is 5.91 Å². The Kier molecular flexibility index (Phi) is 5.99. The fourth-order valence-corrected chi connectivity index (χ4v) is 9.02. The first-order valence-electron chi connectivity index (χ1n) is 13.6. The number of carbonyl (C=O) groups excluding carboxylic acids is 1. The Morgan fingerprint density at radius 1 is 1.27 bits per heavy atom. The van der Waals surface area contributed by atoms with Crippen LogP contribution in [-0.2, 0) is 9.53 Å². The number of aliphatic hydroxyl groups is 1. The van der Waals surface area contributed by atoms with Gasteiger partial charge in [-0.25, -0.2) is 0 Å². The summed E-state index contributed by atoms with van der Waals surface area (Å²) in [4.78, 5) is 11.2. The minimum atomic E-state index is -0.124. The number of rotatable bonds is 5. The number of hydrogen-bond acceptors (Lipinski definition) is 3. The molecule has 184 valence electrons. The molecule has 33 heavy (non-hydrogen) atoms. The van der Waals surface area contributed by atoms with Gasteiger partial charge in [0.1, 0.15) is 6.10 Å². The highest BCUT2D eigenvalue weighted by molar-refractivity contribution is 5.72. The summed E-state index contributed by atoms with van der Waals surface area (Å²) in [5.74, 6) is 4.66. The van der Waals surface area contributed by atoms with E-state index in [9.17, 15) is 9.90 Å². The molecule has 1 aliphatic heterocycles. The lowest BCUT2D eigenvalue weighted by atomic mass is 9.47. The van der Waals surface area contributed by atoms with E-state index in [1.54, 1.807) is 12.5 Å². The normalized spacial score (nSPS) is 44.7. The third-order valence-corrected chi connectivity index (χ3v) is 10.8. The predicted molar refractivity (Wildman–Crippen MR) is 131 cm³/mol. The first-order chi connectivity index (χ1) is 15.6. The van der Waals surface area contributed by atoms with Crippen molar-refractivity contribution in [3.8, 4) is 0 Å². The van der Waals surface area contributed by atoms with Crippen LogP contribution in [0.5, 0.6) is 0 Å². The highest BCUT2D eigenvalue weighted by atomic mass is 16.5. The van der Waals surface area contributed by atoms with Crippen molar-refractivity contribution in [2.45, 2.75) is 105 Å². The molecule has 4 aliphatic carbocycles. The van der Waals surface area contributed by atoms with E-state index in [1.807, 2.05) is 0 Å². The lowest BCUT2D eigenvalue weighted by molar-refractivity contribution is -0.119. The van der Waals surface area contributed by atoms with Crippen molar-refractivity contribution < 1.29 is 14.6 Å². The molecule has 4 heteroatoms. The zero-order valence-electron chi connectivity index (χ0n) is 21.5. The van der Waals surface area contributed by atoms with Crippen molar-refractivity contribution in [3.63, 3.8) is 0 Å². The predicted octanol–water partition coefficient (Wildman–Crippen LogP) is 5.76. The van der Waals surface area contributed by atoms with Crippen LogP contribution in [-0.4, -0.2) is 29.8 Å². The van der Waals surface area contributed by atoms with Crippen molar-refractivity contribution in [3.05, 3.63) is 23.0 Å². The number of aliphatic hydroxyl groups excluding tert-OH is 1. The van der Waals surface area contributed by atoms with Crippen molar-refractivity contribution >= 4 is 5.91 Å². The van der Waals surface area contributed by atoms with Gasteiger partial charge in [0.25, 0.3) is 0 Å². The molecule has 0 radical (unpaired) electrons. The SMILES string of the molecule is CC(=O)NCC(C)CCC1=C(C)[C@H]2[C@H](C[C@H]3[C@@H]4CC=C5CC(O)CC[C@]5(C)[C@H]4CC[C@@]32C)O1. The second kappa shape index (κ2) is 8.43. The molecular weight excluding hydrogens is 410 g/mol. The van der Waals surface area contributed by atoms with Crippen LogP contribution < -0.4 is 5.32 Å². The highest BCUT2D eigenvalue weighted by Crippen LogP contribution is 2.68. The molecular formula is C29H45NO3. The molecule has 2 unspecified atom stereocenters. The van der Waals surface area contributed by atoms with E-state index in [1.165, 1.54) is 37.0 Å². The molecule has 3 fully saturated rings. The van der Waals surface area contributed by atoms with E-state index >= 15 is 0 Å². The highest BCUT2D eigenvalue weighted by Gasteiger charge is 2.63. The zero-order valence-corrected chi connectivity index (χ0v) is 21.5. The van der Waals surface area contributed by atoms with Gasteiger partial charge in [-0.05, 0) is 98.4 Å². The summed E-state index contributed by atoms with van der Waals surface area (Å²) in [5.41, 5.74) is 3.75. The molecule has 0 aromatic carbocycles. The van der Waals surface area contributed by atoms with Gasteiger partial charge >= 0.3 is 0 Å². The molecule has 0 spiro atoms. The van der Waals surface area contributed by atoms with Crippen molar-refractivity contribution in [2.75, 3.05) is 6.54 Å². The standard InChI is InChI=1S/C29H45NO3/c1-17(16-30-19(3)31)6-9-25-18(2)27-26(33-25)15-24-22-8-7-20-14-21(32)10-12-28(20,4)23(22)11-13-29(24,27)5/h7,17,21-24,26-27,32H,6,8-16H2,1-5H3,(H,30,31)/t17?,21?,22-,23+,24+,26+,27+,28+,29+/m1/s1. The molecule has 1 amide bonds. The summed E-state index contributed by atoms with van der Waals surface area (Å²) >= 11 is 0. The topological polar surface area (TPSA) is 58.6 Å². The maximum absolute atomic E-state index is 11.2. The van der Waals surface area contributed by atoms with E-state index in [2.05, 4.69) is 39.1 Å². The summed E-state index contributed by atoms with van der Waals surface area (Å²) < 4.78 is 6.70. The monoisotopic (exact) mass is 455 g/mol. The van der Waals surface area contributed by atoms with Gasteiger partial charge in [-0.3, -0.25) is 4.79 Å². The lowest BCUT2D eigenvalue weighted by Crippen LogP contribution is -2.50. The van der Waals surface area contributed by atoms with Crippen LogP contribution in [0.25, 0.3) is 0 Å².